The Morgan fingerprint density at radius 3 is 2.60 bits per heavy atom. The first-order valence-electron chi connectivity index (χ1n) is 5.12. The first-order valence-corrected chi connectivity index (χ1v) is 7.24. The third-order valence-corrected chi connectivity index (χ3v) is 4.82. The second-order valence-electron chi connectivity index (χ2n) is 3.95. The largest absolute Gasteiger partial charge is 0.322 e. The van der Waals surface area contributed by atoms with Gasteiger partial charge in [0.25, 0.3) is 0 Å². The molecule has 0 aromatic heterocycles. The van der Waals surface area contributed by atoms with Crippen LogP contribution in [0, 0.1) is 0 Å². The summed E-state index contributed by atoms with van der Waals surface area (Å²) in [6, 6.07) is 10.7. The highest BCUT2D eigenvalue weighted by atomic mass is 35.7. The van der Waals surface area contributed by atoms with Crippen molar-refractivity contribution in [3.8, 4) is 0 Å². The van der Waals surface area contributed by atoms with Crippen LogP contribution < -0.4 is 0 Å². The molecule has 0 radical (unpaired) electrons. The smallest absolute Gasteiger partial charge is 0.207 e. The lowest BCUT2D eigenvalue weighted by atomic mass is 10.1. The molecular weight excluding hydrogens is 229 g/mol. The van der Waals surface area contributed by atoms with Gasteiger partial charge in [-0.25, -0.2) is 4.67 Å². The topological polar surface area (TPSA) is 12.5 Å². The van der Waals surface area contributed by atoms with Crippen molar-refractivity contribution in [3.63, 3.8) is 0 Å². The van der Waals surface area contributed by atoms with E-state index in [0.717, 1.165) is 6.54 Å². The van der Waals surface area contributed by atoms with E-state index >= 15 is 0 Å². The summed E-state index contributed by atoms with van der Waals surface area (Å²) in [6.45, 7) is 5.19. The van der Waals surface area contributed by atoms with Crippen LogP contribution in [0.2, 0.25) is 0 Å². The van der Waals surface area contributed by atoms with Crippen LogP contribution in [0.5, 0.6) is 0 Å². The molecule has 0 bridgehead atoms. The molecule has 0 N–H and O–H groups in total. The van der Waals surface area contributed by atoms with Crippen molar-refractivity contribution in [2.75, 3.05) is 6.54 Å². The summed E-state index contributed by atoms with van der Waals surface area (Å²) in [4.78, 5) is 0. The molecule has 1 heterocycles. The van der Waals surface area contributed by atoms with Gasteiger partial charge in [-0.15, -0.1) is 0 Å². The highest BCUT2D eigenvalue weighted by Crippen LogP contribution is 2.57. The highest BCUT2D eigenvalue weighted by Gasteiger charge is 2.34. The molecule has 1 aliphatic heterocycles. The molecule has 15 heavy (non-hydrogen) atoms. The van der Waals surface area contributed by atoms with Gasteiger partial charge in [-0.05, 0) is 30.7 Å². The van der Waals surface area contributed by atoms with Gasteiger partial charge in [0, 0.05) is 12.6 Å². The van der Waals surface area contributed by atoms with Gasteiger partial charge in [0.05, 0.1) is 0 Å². The fourth-order valence-corrected chi connectivity index (χ4v) is 3.82. The summed E-state index contributed by atoms with van der Waals surface area (Å²) in [5.74, 6) is 0. The van der Waals surface area contributed by atoms with Crippen molar-refractivity contribution in [2.24, 2.45) is 0 Å². The van der Waals surface area contributed by atoms with Crippen molar-refractivity contribution in [1.29, 1.82) is 0 Å². The standard InChI is InChI=1S/C11H15ClNOP/c1-9(2)13-8-11(14-15(13)12)10-6-4-3-5-7-10/h3-7,9,11H,8H2,1-2H3/t11-,15?/m0/s1. The van der Waals surface area contributed by atoms with Crippen LogP contribution in [0.15, 0.2) is 30.3 Å². The quantitative estimate of drug-likeness (QED) is 0.730. The molecule has 2 nitrogen and oxygen atoms in total. The Kier molecular flexibility index (Phi) is 3.63. The third-order valence-electron chi connectivity index (χ3n) is 2.54. The fraction of sp³-hybridized carbons (Fsp3) is 0.455. The van der Waals surface area contributed by atoms with Crippen LogP contribution in [0.3, 0.4) is 0 Å². The second-order valence-corrected chi connectivity index (χ2v) is 5.99. The maximum absolute atomic E-state index is 6.19. The molecule has 0 saturated carbocycles. The number of hydrogen-bond donors (Lipinski definition) is 0. The van der Waals surface area contributed by atoms with Crippen LogP contribution in [-0.4, -0.2) is 17.3 Å². The first kappa shape index (κ1) is 11.3. The minimum Gasteiger partial charge on any atom is -0.322 e. The maximum Gasteiger partial charge on any atom is 0.207 e. The lowest BCUT2D eigenvalue weighted by molar-refractivity contribution is 0.257. The third kappa shape index (κ3) is 2.51. The minimum absolute atomic E-state index is 0.136. The van der Waals surface area contributed by atoms with Crippen LogP contribution in [0.1, 0.15) is 25.5 Å². The van der Waals surface area contributed by atoms with Gasteiger partial charge in [0.1, 0.15) is 6.10 Å². The fourth-order valence-electron chi connectivity index (χ4n) is 1.66. The Labute approximate surface area is 96.9 Å². The van der Waals surface area contributed by atoms with E-state index in [1.54, 1.807) is 0 Å². The Bertz CT molecular complexity index is 320. The van der Waals surface area contributed by atoms with Crippen molar-refractivity contribution in [1.82, 2.24) is 4.67 Å². The molecule has 0 amide bonds. The minimum atomic E-state index is -0.925. The summed E-state index contributed by atoms with van der Waals surface area (Å²) < 4.78 is 7.99. The van der Waals surface area contributed by atoms with E-state index in [-0.39, 0.29) is 6.10 Å². The Morgan fingerprint density at radius 1 is 1.40 bits per heavy atom. The van der Waals surface area contributed by atoms with Crippen LogP contribution >= 0.6 is 18.9 Å². The number of benzene rings is 1. The SMILES string of the molecule is CC(C)N1C[C@@H](c2ccccc2)OP1Cl. The highest BCUT2D eigenvalue weighted by molar-refractivity contribution is 7.78. The molecule has 82 valence electrons. The zero-order chi connectivity index (χ0) is 10.8. The molecule has 1 aromatic rings. The van der Waals surface area contributed by atoms with Gasteiger partial charge in [0.15, 0.2) is 0 Å². The lowest BCUT2D eigenvalue weighted by Gasteiger charge is -2.20. The summed E-state index contributed by atoms with van der Waals surface area (Å²) in [5.41, 5.74) is 1.22. The van der Waals surface area contributed by atoms with Crippen molar-refractivity contribution >= 4 is 18.9 Å². The molecule has 1 aromatic carbocycles. The molecular formula is C11H15ClNOP. The second kappa shape index (κ2) is 4.80. The van der Waals surface area contributed by atoms with Crippen molar-refractivity contribution < 1.29 is 4.52 Å². The van der Waals surface area contributed by atoms with E-state index in [0.29, 0.717) is 6.04 Å². The van der Waals surface area contributed by atoms with Gasteiger partial charge in [-0.2, -0.15) is 0 Å². The molecule has 0 aliphatic carbocycles. The monoisotopic (exact) mass is 243 g/mol. The molecule has 2 rings (SSSR count). The zero-order valence-electron chi connectivity index (χ0n) is 8.93. The summed E-state index contributed by atoms with van der Waals surface area (Å²) in [6.07, 6.45) is 0.136. The average Bonchev–Trinajstić information content (AvgIpc) is 2.62. The van der Waals surface area contributed by atoms with E-state index in [1.165, 1.54) is 5.56 Å². The predicted molar refractivity (Wildman–Crippen MR) is 64.9 cm³/mol. The maximum atomic E-state index is 6.19. The van der Waals surface area contributed by atoms with Gasteiger partial charge < -0.3 is 4.52 Å². The van der Waals surface area contributed by atoms with Gasteiger partial charge in [0.2, 0.25) is 7.65 Å². The van der Waals surface area contributed by atoms with Crippen LogP contribution in [0.25, 0.3) is 0 Å². The molecule has 1 unspecified atom stereocenters. The Morgan fingerprint density at radius 2 is 2.07 bits per heavy atom. The lowest BCUT2D eigenvalue weighted by Crippen LogP contribution is -2.22. The molecule has 1 fully saturated rings. The van der Waals surface area contributed by atoms with Gasteiger partial charge in [-0.1, -0.05) is 30.3 Å². The van der Waals surface area contributed by atoms with E-state index in [1.807, 2.05) is 18.2 Å². The normalized spacial score (nSPS) is 27.5. The zero-order valence-corrected chi connectivity index (χ0v) is 10.6. The summed E-state index contributed by atoms with van der Waals surface area (Å²) in [7, 11) is -0.925. The van der Waals surface area contributed by atoms with E-state index in [4.69, 9.17) is 15.8 Å². The number of nitrogens with zero attached hydrogens (tertiary/aromatic N) is 1. The van der Waals surface area contributed by atoms with Crippen molar-refractivity contribution in [3.05, 3.63) is 35.9 Å². The van der Waals surface area contributed by atoms with E-state index in [9.17, 15) is 0 Å². The predicted octanol–water partition coefficient (Wildman–Crippen LogP) is 3.93. The van der Waals surface area contributed by atoms with Crippen LogP contribution in [-0.2, 0) is 4.52 Å². The number of rotatable bonds is 2. The molecule has 1 saturated heterocycles. The summed E-state index contributed by atoms with van der Waals surface area (Å²) in [5, 5.41) is 0. The number of hydrogen-bond acceptors (Lipinski definition) is 2. The average molecular weight is 244 g/mol. The number of halogens is 1. The molecule has 1 aliphatic rings. The Balaban J connectivity index is 2.09. The van der Waals surface area contributed by atoms with E-state index in [2.05, 4.69) is 30.7 Å². The van der Waals surface area contributed by atoms with Gasteiger partial charge >= 0.3 is 0 Å². The van der Waals surface area contributed by atoms with E-state index < -0.39 is 7.65 Å². The van der Waals surface area contributed by atoms with Crippen molar-refractivity contribution in [2.45, 2.75) is 26.0 Å². The molecule has 2 atom stereocenters. The van der Waals surface area contributed by atoms with Gasteiger partial charge in [-0.3, -0.25) is 0 Å². The first-order chi connectivity index (χ1) is 7.18. The van der Waals surface area contributed by atoms with Crippen LogP contribution in [0.4, 0.5) is 0 Å². The molecule has 4 heteroatoms. The summed E-state index contributed by atoms with van der Waals surface area (Å²) >= 11 is 6.19. The molecule has 0 spiro atoms. The Hall–Kier alpha value is -0.140.